The Kier molecular flexibility index (Phi) is 5.63. The van der Waals surface area contributed by atoms with E-state index in [0.29, 0.717) is 6.42 Å². The van der Waals surface area contributed by atoms with Crippen molar-refractivity contribution in [3.05, 3.63) is 0 Å². The fraction of sp³-hybridized carbons (Fsp3) is 0.769. The van der Waals surface area contributed by atoms with Gasteiger partial charge in [0.05, 0.1) is 12.6 Å². The van der Waals surface area contributed by atoms with Gasteiger partial charge in [0.25, 0.3) is 0 Å². The molecule has 5 heteroatoms. The maximum absolute atomic E-state index is 11.9. The summed E-state index contributed by atoms with van der Waals surface area (Å²) in [6.45, 7) is 3.60. The molecule has 1 aliphatic heterocycles. The lowest BCUT2D eigenvalue weighted by Crippen LogP contribution is -2.41. The molecule has 1 fully saturated rings. The number of nitriles is 1. The third-order valence-electron chi connectivity index (χ3n) is 3.24. The van der Waals surface area contributed by atoms with E-state index in [0.717, 1.165) is 32.4 Å². The van der Waals surface area contributed by atoms with Crippen molar-refractivity contribution in [1.82, 2.24) is 9.80 Å². The van der Waals surface area contributed by atoms with Gasteiger partial charge in [-0.05, 0) is 19.3 Å². The Hall–Kier alpha value is -1.57. The average molecular weight is 251 g/mol. The molecule has 0 aromatic rings. The van der Waals surface area contributed by atoms with Crippen LogP contribution in [0, 0.1) is 17.2 Å². The molecule has 1 unspecified atom stereocenters. The third-order valence-corrected chi connectivity index (χ3v) is 3.24. The number of amides is 2. The molecule has 100 valence electrons. The van der Waals surface area contributed by atoms with Crippen LogP contribution in [-0.4, -0.2) is 48.3 Å². The number of likely N-dealkylation sites (tertiary alicyclic amines) is 1. The molecular weight excluding hydrogens is 230 g/mol. The summed E-state index contributed by atoms with van der Waals surface area (Å²) in [6, 6.07) is 2.01. The number of rotatable bonds is 5. The number of hydrogen-bond acceptors (Lipinski definition) is 3. The summed E-state index contributed by atoms with van der Waals surface area (Å²) in [4.78, 5) is 27.0. The molecule has 1 saturated heterocycles. The van der Waals surface area contributed by atoms with Crippen molar-refractivity contribution in [2.75, 3.05) is 26.7 Å². The van der Waals surface area contributed by atoms with Crippen LogP contribution in [0.1, 0.15) is 32.6 Å². The van der Waals surface area contributed by atoms with Gasteiger partial charge in [0.15, 0.2) is 0 Å². The van der Waals surface area contributed by atoms with Crippen LogP contribution in [0.15, 0.2) is 0 Å². The number of hydrogen-bond donors (Lipinski definition) is 0. The van der Waals surface area contributed by atoms with Crippen LogP contribution in [0.3, 0.4) is 0 Å². The molecule has 0 spiro atoms. The standard InChI is InChI=1S/C13H21N3O2/c1-3-6-11(9-14)13(18)15(2)10-12(17)16-7-4-5-8-16/h11H,3-8,10H2,1-2H3. The second-order valence-electron chi connectivity index (χ2n) is 4.75. The monoisotopic (exact) mass is 251 g/mol. The quantitative estimate of drug-likeness (QED) is 0.732. The first kappa shape index (κ1) is 14.5. The van der Waals surface area contributed by atoms with E-state index in [4.69, 9.17) is 5.26 Å². The first-order valence-corrected chi connectivity index (χ1v) is 6.52. The van der Waals surface area contributed by atoms with Crippen LogP contribution in [0.25, 0.3) is 0 Å². The summed E-state index contributed by atoms with van der Waals surface area (Å²) in [5.41, 5.74) is 0. The highest BCUT2D eigenvalue weighted by atomic mass is 16.2. The lowest BCUT2D eigenvalue weighted by atomic mass is 10.0. The highest BCUT2D eigenvalue weighted by Gasteiger charge is 2.25. The van der Waals surface area contributed by atoms with Crippen LogP contribution in [-0.2, 0) is 9.59 Å². The van der Waals surface area contributed by atoms with E-state index in [1.165, 1.54) is 4.90 Å². The Morgan fingerprint density at radius 1 is 1.39 bits per heavy atom. The highest BCUT2D eigenvalue weighted by Crippen LogP contribution is 2.11. The predicted molar refractivity (Wildman–Crippen MR) is 67.5 cm³/mol. The molecule has 18 heavy (non-hydrogen) atoms. The summed E-state index contributed by atoms with van der Waals surface area (Å²) >= 11 is 0. The molecule has 2 amide bonds. The van der Waals surface area contributed by atoms with Crippen LogP contribution in [0.5, 0.6) is 0 Å². The molecule has 0 saturated carbocycles. The van der Waals surface area contributed by atoms with Crippen molar-refractivity contribution < 1.29 is 9.59 Å². The molecule has 1 rings (SSSR count). The Morgan fingerprint density at radius 3 is 2.50 bits per heavy atom. The smallest absolute Gasteiger partial charge is 0.242 e. The second kappa shape index (κ2) is 7.00. The van der Waals surface area contributed by atoms with Gasteiger partial charge in [-0.2, -0.15) is 5.26 Å². The van der Waals surface area contributed by atoms with E-state index in [2.05, 4.69) is 0 Å². The SMILES string of the molecule is CCCC(C#N)C(=O)N(C)CC(=O)N1CCCC1. The van der Waals surface area contributed by atoms with E-state index >= 15 is 0 Å². The first-order valence-electron chi connectivity index (χ1n) is 6.52. The molecule has 5 nitrogen and oxygen atoms in total. The highest BCUT2D eigenvalue weighted by molar-refractivity contribution is 5.87. The average Bonchev–Trinajstić information content (AvgIpc) is 2.88. The van der Waals surface area contributed by atoms with Crippen molar-refractivity contribution in [3.8, 4) is 6.07 Å². The van der Waals surface area contributed by atoms with Gasteiger partial charge in [-0.1, -0.05) is 13.3 Å². The zero-order valence-electron chi connectivity index (χ0n) is 11.2. The number of carbonyl (C=O) groups excluding carboxylic acids is 2. The summed E-state index contributed by atoms with van der Waals surface area (Å²) in [6.07, 6.45) is 3.43. The van der Waals surface area contributed by atoms with E-state index in [1.807, 2.05) is 13.0 Å². The van der Waals surface area contributed by atoms with Crippen LogP contribution in [0.2, 0.25) is 0 Å². The summed E-state index contributed by atoms with van der Waals surface area (Å²) in [7, 11) is 1.59. The fourth-order valence-corrected chi connectivity index (χ4v) is 2.15. The molecule has 1 atom stereocenters. The Bertz CT molecular complexity index is 343. The predicted octanol–water partition coefficient (Wildman–Crippen LogP) is 1.01. The fourth-order valence-electron chi connectivity index (χ4n) is 2.15. The van der Waals surface area contributed by atoms with Gasteiger partial charge in [0.1, 0.15) is 5.92 Å². The van der Waals surface area contributed by atoms with E-state index in [9.17, 15) is 9.59 Å². The van der Waals surface area contributed by atoms with Crippen LogP contribution in [0.4, 0.5) is 0 Å². The molecular formula is C13H21N3O2. The summed E-state index contributed by atoms with van der Waals surface area (Å²) in [5, 5.41) is 8.93. The van der Waals surface area contributed by atoms with Crippen molar-refractivity contribution >= 4 is 11.8 Å². The molecule has 1 aliphatic rings. The zero-order valence-corrected chi connectivity index (χ0v) is 11.2. The second-order valence-corrected chi connectivity index (χ2v) is 4.75. The van der Waals surface area contributed by atoms with Crippen molar-refractivity contribution in [2.24, 2.45) is 5.92 Å². The third kappa shape index (κ3) is 3.73. The van der Waals surface area contributed by atoms with Gasteiger partial charge in [-0.25, -0.2) is 0 Å². The molecule has 0 aliphatic carbocycles. The van der Waals surface area contributed by atoms with Gasteiger partial charge in [-0.15, -0.1) is 0 Å². The van der Waals surface area contributed by atoms with Gasteiger partial charge in [-0.3, -0.25) is 9.59 Å². The maximum Gasteiger partial charge on any atom is 0.242 e. The van der Waals surface area contributed by atoms with E-state index in [-0.39, 0.29) is 18.4 Å². The van der Waals surface area contributed by atoms with Crippen LogP contribution >= 0.6 is 0 Å². The number of nitrogens with zero attached hydrogens (tertiary/aromatic N) is 3. The van der Waals surface area contributed by atoms with Crippen LogP contribution < -0.4 is 0 Å². The molecule has 0 N–H and O–H groups in total. The Labute approximate surface area is 108 Å². The molecule has 0 aromatic carbocycles. The van der Waals surface area contributed by atoms with Gasteiger partial charge in [0.2, 0.25) is 11.8 Å². The normalized spacial score (nSPS) is 16.2. The minimum Gasteiger partial charge on any atom is -0.341 e. The topological polar surface area (TPSA) is 64.4 Å². The Balaban J connectivity index is 2.48. The Morgan fingerprint density at radius 2 is 2.00 bits per heavy atom. The van der Waals surface area contributed by atoms with E-state index in [1.54, 1.807) is 11.9 Å². The largest absolute Gasteiger partial charge is 0.341 e. The lowest BCUT2D eigenvalue weighted by Gasteiger charge is -2.22. The molecule has 0 aromatic heterocycles. The minimum atomic E-state index is -0.619. The van der Waals surface area contributed by atoms with Gasteiger partial charge < -0.3 is 9.80 Å². The van der Waals surface area contributed by atoms with Crippen molar-refractivity contribution in [1.29, 1.82) is 5.26 Å². The lowest BCUT2D eigenvalue weighted by molar-refractivity contribution is -0.140. The van der Waals surface area contributed by atoms with E-state index < -0.39 is 5.92 Å². The summed E-state index contributed by atoms with van der Waals surface area (Å²) < 4.78 is 0. The van der Waals surface area contributed by atoms with Crippen molar-refractivity contribution in [2.45, 2.75) is 32.6 Å². The number of likely N-dealkylation sites (N-methyl/N-ethyl adjacent to an activating group) is 1. The maximum atomic E-state index is 11.9. The van der Waals surface area contributed by atoms with Crippen molar-refractivity contribution in [3.63, 3.8) is 0 Å². The zero-order chi connectivity index (χ0) is 13.5. The number of carbonyl (C=O) groups is 2. The first-order chi connectivity index (χ1) is 8.60. The molecule has 0 bridgehead atoms. The minimum absolute atomic E-state index is 0.0171. The summed E-state index contributed by atoms with van der Waals surface area (Å²) in [5.74, 6) is -0.880. The van der Waals surface area contributed by atoms with Gasteiger partial charge >= 0.3 is 0 Å². The van der Waals surface area contributed by atoms with Gasteiger partial charge in [0, 0.05) is 20.1 Å². The molecule has 0 radical (unpaired) electrons. The molecule has 1 heterocycles.